The molecule has 15 atom stereocenters. The Hall–Kier alpha value is -1.13. The largest absolute Gasteiger partial charge is 0.394 e. The van der Waals surface area contributed by atoms with E-state index in [0.29, 0.717) is 0 Å². The Kier molecular flexibility index (Phi) is 10.5. The molecule has 0 bridgehead atoms. The molecule has 17 nitrogen and oxygen atoms in total. The standard InChI is InChI=1S/C20H35NO16/c1-5(25)21-9-11(27)16(37-20-15(31)12(28)10(26)6(2-22)34-20)8(4-24)35-19(9)36-17-7(3-23)33-18(32)14(30)13(17)29/h6-20,22-24,26-32H,2-4H2,1H3,(H,21,25)/t6-,7-,8-,9-,10-,11-,12+,13-,14-,15+,16-,17-,18?,19+,20+/m1/s1. The molecule has 1 amide bonds. The summed E-state index contributed by atoms with van der Waals surface area (Å²) in [5, 5.41) is 103. The third kappa shape index (κ3) is 6.38. The number of aliphatic hydroxyl groups excluding tert-OH is 10. The summed E-state index contributed by atoms with van der Waals surface area (Å²) < 4.78 is 27.2. The van der Waals surface area contributed by atoms with Crippen LogP contribution < -0.4 is 5.32 Å². The van der Waals surface area contributed by atoms with Gasteiger partial charge in [-0.05, 0) is 0 Å². The summed E-state index contributed by atoms with van der Waals surface area (Å²) in [5.41, 5.74) is 0. The van der Waals surface area contributed by atoms with Crippen molar-refractivity contribution in [1.82, 2.24) is 5.32 Å². The maximum atomic E-state index is 11.9. The summed E-state index contributed by atoms with van der Waals surface area (Å²) in [6.45, 7) is -1.23. The summed E-state index contributed by atoms with van der Waals surface area (Å²) in [5.74, 6) is -0.676. The molecule has 3 saturated heterocycles. The molecule has 3 heterocycles. The summed E-state index contributed by atoms with van der Waals surface area (Å²) >= 11 is 0. The Morgan fingerprint density at radius 3 is 1.73 bits per heavy atom. The lowest BCUT2D eigenvalue weighted by molar-refractivity contribution is -0.365. The second-order valence-corrected chi connectivity index (χ2v) is 9.07. The van der Waals surface area contributed by atoms with Gasteiger partial charge in [0.05, 0.1) is 19.8 Å². The van der Waals surface area contributed by atoms with Crippen LogP contribution in [0, 0.1) is 0 Å². The molecule has 0 aliphatic carbocycles. The number of ether oxygens (including phenoxy) is 5. The molecule has 3 fully saturated rings. The average Bonchev–Trinajstić information content (AvgIpc) is 2.87. The smallest absolute Gasteiger partial charge is 0.217 e. The van der Waals surface area contributed by atoms with E-state index in [-0.39, 0.29) is 0 Å². The molecule has 3 aliphatic heterocycles. The first-order valence-corrected chi connectivity index (χ1v) is 11.6. The fourth-order valence-electron chi connectivity index (χ4n) is 4.46. The predicted octanol–water partition coefficient (Wildman–Crippen LogP) is -7.43. The summed E-state index contributed by atoms with van der Waals surface area (Å²) in [4.78, 5) is 11.9. The van der Waals surface area contributed by atoms with Gasteiger partial charge in [0, 0.05) is 6.92 Å². The number of aliphatic hydroxyl groups is 10. The molecule has 0 saturated carbocycles. The zero-order valence-corrected chi connectivity index (χ0v) is 19.7. The summed E-state index contributed by atoms with van der Waals surface area (Å²) in [6, 6.07) is -1.47. The van der Waals surface area contributed by atoms with Crippen molar-refractivity contribution in [1.29, 1.82) is 0 Å². The van der Waals surface area contributed by atoms with Crippen molar-refractivity contribution >= 4 is 5.91 Å². The van der Waals surface area contributed by atoms with E-state index in [0.717, 1.165) is 6.92 Å². The lowest BCUT2D eigenvalue weighted by Crippen LogP contribution is -2.69. The van der Waals surface area contributed by atoms with Gasteiger partial charge in [0.25, 0.3) is 0 Å². The molecule has 0 aromatic rings. The Bertz CT molecular complexity index is 743. The third-order valence-corrected chi connectivity index (χ3v) is 6.49. The average molecular weight is 545 g/mol. The van der Waals surface area contributed by atoms with Gasteiger partial charge < -0.3 is 80.1 Å². The first-order chi connectivity index (χ1) is 17.4. The SMILES string of the molecule is CC(=O)N[C@H]1[C@H](O[C@H]2[C@H](O)[C@@H](O)C(O)O[C@@H]2CO)O[C@H](CO)[C@@H](O[C@@H]2O[C@H](CO)[C@@H](O)[C@H](O)[C@@H]2O)[C@@H]1O. The van der Waals surface area contributed by atoms with Crippen molar-refractivity contribution in [3.63, 3.8) is 0 Å². The van der Waals surface area contributed by atoms with Crippen LogP contribution in [0.5, 0.6) is 0 Å². The van der Waals surface area contributed by atoms with Crippen LogP contribution >= 0.6 is 0 Å². The molecule has 3 rings (SSSR count). The molecule has 1 unspecified atom stereocenters. The zero-order chi connectivity index (χ0) is 27.6. The van der Waals surface area contributed by atoms with Gasteiger partial charge in [0.2, 0.25) is 5.91 Å². The fourth-order valence-corrected chi connectivity index (χ4v) is 4.46. The van der Waals surface area contributed by atoms with Crippen LogP contribution in [0.25, 0.3) is 0 Å². The van der Waals surface area contributed by atoms with Crippen LogP contribution in [0.1, 0.15) is 6.92 Å². The number of carbonyl (C=O) groups excluding carboxylic acids is 1. The zero-order valence-electron chi connectivity index (χ0n) is 19.7. The molecule has 0 spiro atoms. The molecule has 11 N–H and O–H groups in total. The first-order valence-electron chi connectivity index (χ1n) is 11.6. The van der Waals surface area contributed by atoms with Crippen molar-refractivity contribution in [3.8, 4) is 0 Å². The molecule has 37 heavy (non-hydrogen) atoms. The number of amides is 1. The van der Waals surface area contributed by atoms with E-state index in [1.165, 1.54) is 0 Å². The topological polar surface area (TPSA) is 278 Å². The van der Waals surface area contributed by atoms with Gasteiger partial charge in [-0.25, -0.2) is 0 Å². The normalized spacial score (nSPS) is 49.0. The molecule has 3 aliphatic rings. The number of hydrogen-bond acceptors (Lipinski definition) is 16. The molecule has 0 radical (unpaired) electrons. The quantitative estimate of drug-likeness (QED) is 0.135. The number of rotatable bonds is 8. The Balaban J connectivity index is 1.83. The van der Waals surface area contributed by atoms with Crippen LogP contribution in [-0.2, 0) is 28.5 Å². The summed E-state index contributed by atoms with van der Waals surface area (Å²) in [6.07, 6.45) is -23.1. The monoisotopic (exact) mass is 545 g/mol. The minimum atomic E-state index is -1.84. The third-order valence-electron chi connectivity index (χ3n) is 6.49. The van der Waals surface area contributed by atoms with E-state index in [2.05, 4.69) is 5.32 Å². The molecule has 0 aromatic carbocycles. The number of hydrogen-bond donors (Lipinski definition) is 11. The second kappa shape index (κ2) is 12.8. The highest BCUT2D eigenvalue weighted by atomic mass is 16.7. The molecular weight excluding hydrogens is 510 g/mol. The molecule has 0 aromatic heterocycles. The van der Waals surface area contributed by atoms with Crippen molar-refractivity contribution in [2.24, 2.45) is 0 Å². The van der Waals surface area contributed by atoms with E-state index in [1.54, 1.807) is 0 Å². The van der Waals surface area contributed by atoms with Crippen LogP contribution in [0.4, 0.5) is 0 Å². The maximum absolute atomic E-state index is 11.9. The van der Waals surface area contributed by atoms with Crippen molar-refractivity contribution in [2.75, 3.05) is 19.8 Å². The van der Waals surface area contributed by atoms with Crippen molar-refractivity contribution in [2.45, 2.75) is 99.0 Å². The highest BCUT2D eigenvalue weighted by Crippen LogP contribution is 2.32. The maximum Gasteiger partial charge on any atom is 0.217 e. The lowest BCUT2D eigenvalue weighted by atomic mass is 9.94. The highest BCUT2D eigenvalue weighted by molar-refractivity contribution is 5.73. The molecular formula is C20H35NO16. The highest BCUT2D eigenvalue weighted by Gasteiger charge is 2.53. The van der Waals surface area contributed by atoms with Crippen LogP contribution in [0.15, 0.2) is 0 Å². The predicted molar refractivity (Wildman–Crippen MR) is 113 cm³/mol. The van der Waals surface area contributed by atoms with Gasteiger partial charge in [-0.3, -0.25) is 4.79 Å². The van der Waals surface area contributed by atoms with Crippen LogP contribution in [0.3, 0.4) is 0 Å². The summed E-state index contributed by atoms with van der Waals surface area (Å²) in [7, 11) is 0. The van der Waals surface area contributed by atoms with Crippen LogP contribution in [0.2, 0.25) is 0 Å². The Morgan fingerprint density at radius 1 is 0.649 bits per heavy atom. The van der Waals surface area contributed by atoms with Crippen molar-refractivity contribution < 1.29 is 79.5 Å². The lowest BCUT2D eigenvalue weighted by Gasteiger charge is -2.49. The van der Waals surface area contributed by atoms with E-state index < -0.39 is 118 Å². The van der Waals surface area contributed by atoms with Gasteiger partial charge in [-0.15, -0.1) is 0 Å². The van der Waals surface area contributed by atoms with Gasteiger partial charge >= 0.3 is 0 Å². The van der Waals surface area contributed by atoms with Crippen LogP contribution in [-0.4, -0.2) is 169 Å². The van der Waals surface area contributed by atoms with E-state index >= 15 is 0 Å². The second-order valence-electron chi connectivity index (χ2n) is 9.07. The molecule has 216 valence electrons. The van der Waals surface area contributed by atoms with E-state index in [4.69, 9.17) is 23.7 Å². The first kappa shape index (κ1) is 30.4. The molecule has 17 heteroatoms. The van der Waals surface area contributed by atoms with E-state index in [9.17, 15) is 55.9 Å². The van der Waals surface area contributed by atoms with Gasteiger partial charge in [0.15, 0.2) is 18.9 Å². The minimum Gasteiger partial charge on any atom is -0.394 e. The fraction of sp³-hybridized carbons (Fsp3) is 0.950. The Morgan fingerprint density at radius 2 is 1.16 bits per heavy atom. The van der Waals surface area contributed by atoms with Gasteiger partial charge in [-0.1, -0.05) is 0 Å². The Labute approximate surface area is 210 Å². The van der Waals surface area contributed by atoms with Crippen molar-refractivity contribution in [3.05, 3.63) is 0 Å². The number of nitrogens with one attached hydrogen (secondary N) is 1. The number of carbonyl (C=O) groups is 1. The van der Waals surface area contributed by atoms with E-state index in [1.807, 2.05) is 0 Å². The van der Waals surface area contributed by atoms with Gasteiger partial charge in [-0.2, -0.15) is 0 Å². The van der Waals surface area contributed by atoms with Gasteiger partial charge in [0.1, 0.15) is 73.2 Å². The minimum absolute atomic E-state index is 0.676.